The minimum atomic E-state index is 0.246. The molecule has 0 bridgehead atoms. The van der Waals surface area contributed by atoms with Crippen LogP contribution in [-0.2, 0) is 11.2 Å². The minimum Gasteiger partial charge on any atom is -0.375 e. The van der Waals surface area contributed by atoms with Gasteiger partial charge in [0.2, 0.25) is 0 Å². The van der Waals surface area contributed by atoms with Gasteiger partial charge in [-0.1, -0.05) is 0 Å². The Hall–Kier alpha value is -1.46. The maximum absolute atomic E-state index is 5.80. The number of ether oxygens (including phenoxy) is 1. The first-order valence-corrected chi connectivity index (χ1v) is 7.05. The van der Waals surface area contributed by atoms with Crippen molar-refractivity contribution in [3.05, 3.63) is 24.3 Å². The zero-order valence-electron chi connectivity index (χ0n) is 10.9. The summed E-state index contributed by atoms with van der Waals surface area (Å²) in [5.41, 5.74) is 2.23. The molecule has 3 heterocycles. The number of hydrogen-bond acceptors (Lipinski definition) is 4. The third-order valence-corrected chi connectivity index (χ3v) is 3.89. The smallest absolute Gasteiger partial charge is 0.112 e. The van der Waals surface area contributed by atoms with Crippen LogP contribution in [0.25, 0.3) is 11.0 Å². The molecule has 2 fully saturated rings. The highest BCUT2D eigenvalue weighted by molar-refractivity contribution is 5.75. The molecule has 2 aromatic rings. The Bertz CT molecular complexity index is 584. The summed E-state index contributed by atoms with van der Waals surface area (Å²) in [6.45, 7) is 2.68. The molecule has 5 heteroatoms. The number of nitrogens with one attached hydrogen (secondary N) is 1. The van der Waals surface area contributed by atoms with Crippen LogP contribution in [0.2, 0.25) is 0 Å². The van der Waals surface area contributed by atoms with Crippen molar-refractivity contribution in [2.24, 2.45) is 0 Å². The summed E-state index contributed by atoms with van der Waals surface area (Å²) >= 11 is 0. The van der Waals surface area contributed by atoms with E-state index in [1.165, 1.54) is 18.4 Å². The maximum atomic E-state index is 5.80. The van der Waals surface area contributed by atoms with E-state index in [1.807, 2.05) is 12.4 Å². The molecule has 1 aliphatic heterocycles. The number of aromatic nitrogens is 3. The molecule has 1 aliphatic carbocycles. The number of imidazole rings is 1. The van der Waals surface area contributed by atoms with Crippen molar-refractivity contribution >= 4 is 11.0 Å². The zero-order valence-corrected chi connectivity index (χ0v) is 10.9. The average molecular weight is 258 g/mol. The molecule has 5 nitrogen and oxygen atoms in total. The molecule has 1 N–H and O–H groups in total. The fourth-order valence-electron chi connectivity index (χ4n) is 2.84. The van der Waals surface area contributed by atoms with Crippen LogP contribution in [0.5, 0.6) is 0 Å². The van der Waals surface area contributed by atoms with Gasteiger partial charge in [-0.3, -0.25) is 4.98 Å². The van der Waals surface area contributed by atoms with E-state index in [0.29, 0.717) is 6.04 Å². The van der Waals surface area contributed by atoms with Crippen LogP contribution in [0.15, 0.2) is 18.5 Å². The van der Waals surface area contributed by atoms with Crippen molar-refractivity contribution in [1.82, 2.24) is 19.9 Å². The second-order valence-corrected chi connectivity index (χ2v) is 5.39. The Morgan fingerprint density at radius 1 is 1.42 bits per heavy atom. The van der Waals surface area contributed by atoms with E-state index in [4.69, 9.17) is 9.72 Å². The predicted molar refractivity (Wildman–Crippen MR) is 72.1 cm³/mol. The molecule has 19 heavy (non-hydrogen) atoms. The average Bonchev–Trinajstić information content (AvgIpc) is 3.21. The molecule has 100 valence electrons. The fourth-order valence-corrected chi connectivity index (χ4v) is 2.84. The van der Waals surface area contributed by atoms with Gasteiger partial charge in [0.1, 0.15) is 11.3 Å². The van der Waals surface area contributed by atoms with Gasteiger partial charge in [-0.25, -0.2) is 4.98 Å². The molecular weight excluding hydrogens is 240 g/mol. The first-order chi connectivity index (χ1) is 9.42. The van der Waals surface area contributed by atoms with Gasteiger partial charge in [0.25, 0.3) is 0 Å². The largest absolute Gasteiger partial charge is 0.375 e. The lowest BCUT2D eigenvalue weighted by atomic mass is 10.2. The van der Waals surface area contributed by atoms with E-state index in [9.17, 15) is 0 Å². The lowest BCUT2D eigenvalue weighted by Gasteiger charge is -2.23. The number of rotatable bonds is 3. The van der Waals surface area contributed by atoms with Crippen LogP contribution in [-0.4, -0.2) is 40.3 Å². The number of morpholine rings is 1. The highest BCUT2D eigenvalue weighted by atomic mass is 16.5. The van der Waals surface area contributed by atoms with Crippen LogP contribution < -0.4 is 5.32 Å². The van der Waals surface area contributed by atoms with Crippen LogP contribution in [0.4, 0.5) is 0 Å². The minimum absolute atomic E-state index is 0.246. The molecule has 2 aromatic heterocycles. The highest BCUT2D eigenvalue weighted by Crippen LogP contribution is 2.38. The predicted octanol–water partition coefficient (Wildman–Crippen LogP) is 1.30. The van der Waals surface area contributed by atoms with Gasteiger partial charge in [0.05, 0.1) is 24.4 Å². The normalized spacial score (nSPS) is 23.9. The first kappa shape index (κ1) is 11.4. The molecule has 0 amide bonds. The van der Waals surface area contributed by atoms with Crippen LogP contribution in [0.3, 0.4) is 0 Å². The van der Waals surface area contributed by atoms with Crippen LogP contribution in [0.1, 0.15) is 24.7 Å². The number of pyridine rings is 1. The van der Waals surface area contributed by atoms with Gasteiger partial charge in [-0.2, -0.15) is 0 Å². The summed E-state index contributed by atoms with van der Waals surface area (Å²) in [5.74, 6) is 1.15. The van der Waals surface area contributed by atoms with Gasteiger partial charge >= 0.3 is 0 Å². The van der Waals surface area contributed by atoms with E-state index in [-0.39, 0.29) is 6.10 Å². The van der Waals surface area contributed by atoms with Gasteiger partial charge in [0, 0.05) is 31.7 Å². The molecule has 0 aromatic carbocycles. The van der Waals surface area contributed by atoms with Gasteiger partial charge in [-0.05, 0) is 18.9 Å². The first-order valence-electron chi connectivity index (χ1n) is 7.05. The quantitative estimate of drug-likeness (QED) is 0.901. The van der Waals surface area contributed by atoms with Crippen molar-refractivity contribution in [1.29, 1.82) is 0 Å². The summed E-state index contributed by atoms with van der Waals surface area (Å²) in [6.07, 6.45) is 7.38. The van der Waals surface area contributed by atoms with Crippen molar-refractivity contribution in [3.63, 3.8) is 0 Å². The Morgan fingerprint density at radius 3 is 3.16 bits per heavy atom. The second kappa shape index (κ2) is 4.58. The standard InChI is InChI=1S/C14H18N4O/c1-2-10(1)18-13-3-4-15-9-12(13)17-14(18)7-11-8-16-5-6-19-11/h3-4,9-11,16H,1-2,5-8H2. The summed E-state index contributed by atoms with van der Waals surface area (Å²) in [5, 5.41) is 3.38. The Morgan fingerprint density at radius 2 is 2.37 bits per heavy atom. The maximum Gasteiger partial charge on any atom is 0.112 e. The summed E-state index contributed by atoms with van der Waals surface area (Å²) < 4.78 is 8.20. The van der Waals surface area contributed by atoms with Crippen molar-refractivity contribution < 1.29 is 4.74 Å². The van der Waals surface area contributed by atoms with Crippen LogP contribution in [0, 0.1) is 0 Å². The summed E-state index contributed by atoms with van der Waals surface area (Å²) in [7, 11) is 0. The SMILES string of the molecule is c1cc2c(cn1)nc(CC1CNCCO1)n2C1CC1. The van der Waals surface area contributed by atoms with E-state index < -0.39 is 0 Å². The molecule has 1 saturated heterocycles. The molecule has 1 atom stereocenters. The van der Waals surface area contributed by atoms with E-state index in [2.05, 4.69) is 20.9 Å². The van der Waals surface area contributed by atoms with Crippen molar-refractivity contribution in [2.75, 3.05) is 19.7 Å². The Labute approximate surface area is 112 Å². The molecule has 1 saturated carbocycles. The monoisotopic (exact) mass is 258 g/mol. The van der Waals surface area contributed by atoms with Crippen LogP contribution >= 0.6 is 0 Å². The summed E-state index contributed by atoms with van der Waals surface area (Å²) in [6, 6.07) is 2.71. The summed E-state index contributed by atoms with van der Waals surface area (Å²) in [4.78, 5) is 8.94. The Balaban J connectivity index is 1.69. The highest BCUT2D eigenvalue weighted by Gasteiger charge is 2.29. The van der Waals surface area contributed by atoms with Crippen molar-refractivity contribution in [2.45, 2.75) is 31.4 Å². The molecule has 2 aliphatic rings. The Kier molecular flexibility index (Phi) is 2.74. The third kappa shape index (κ3) is 2.13. The number of fused-ring (bicyclic) bond motifs is 1. The van der Waals surface area contributed by atoms with Crippen molar-refractivity contribution in [3.8, 4) is 0 Å². The van der Waals surface area contributed by atoms with E-state index in [0.717, 1.165) is 37.5 Å². The fraction of sp³-hybridized carbons (Fsp3) is 0.571. The lowest BCUT2D eigenvalue weighted by molar-refractivity contribution is 0.0276. The molecular formula is C14H18N4O. The topological polar surface area (TPSA) is 52.0 Å². The van der Waals surface area contributed by atoms with Gasteiger partial charge in [0.15, 0.2) is 0 Å². The lowest BCUT2D eigenvalue weighted by Crippen LogP contribution is -2.40. The number of hydrogen-bond donors (Lipinski definition) is 1. The van der Waals surface area contributed by atoms with E-state index in [1.54, 1.807) is 0 Å². The van der Waals surface area contributed by atoms with Gasteiger partial charge in [-0.15, -0.1) is 0 Å². The number of nitrogens with zero attached hydrogens (tertiary/aromatic N) is 3. The molecule has 4 rings (SSSR count). The zero-order chi connectivity index (χ0) is 12.7. The third-order valence-electron chi connectivity index (χ3n) is 3.89. The molecule has 0 radical (unpaired) electrons. The van der Waals surface area contributed by atoms with Gasteiger partial charge < -0.3 is 14.6 Å². The molecule has 0 spiro atoms. The second-order valence-electron chi connectivity index (χ2n) is 5.39. The van der Waals surface area contributed by atoms with E-state index >= 15 is 0 Å². The molecule has 1 unspecified atom stereocenters.